The Bertz CT molecular complexity index is 489. The molecule has 0 amide bonds. The van der Waals surface area contributed by atoms with Gasteiger partial charge in [0.25, 0.3) is 0 Å². The Kier molecular flexibility index (Phi) is 2.40. The van der Waals surface area contributed by atoms with E-state index in [4.69, 9.17) is 12.8 Å². The normalized spacial score (nSPS) is 11.9. The maximum Gasteiger partial charge on any atom is 0.492 e. The number of benzene rings is 1. The van der Waals surface area contributed by atoms with Crippen molar-refractivity contribution in [2.24, 2.45) is 0 Å². The molecule has 0 aliphatic rings. The van der Waals surface area contributed by atoms with Gasteiger partial charge in [0, 0.05) is 11.0 Å². The topological polar surface area (TPSA) is 40.5 Å². The molecule has 0 aliphatic heterocycles. The van der Waals surface area contributed by atoms with E-state index < -0.39 is 47.9 Å². The van der Waals surface area contributed by atoms with Crippen LogP contribution < -0.4 is 5.46 Å². The highest BCUT2D eigenvalue weighted by Crippen LogP contribution is 2.18. The fourth-order valence-electron chi connectivity index (χ4n) is 1.06. The van der Waals surface area contributed by atoms with Gasteiger partial charge in [0.05, 0.1) is 2.74 Å². The van der Waals surface area contributed by atoms with Gasteiger partial charge in [-0.1, -0.05) is 12.6 Å². The fraction of sp³-hybridized carbons (Fsp3) is 0. The zero-order valence-corrected chi connectivity index (χ0v) is 7.06. The summed E-state index contributed by atoms with van der Waals surface area (Å²) in [5, 5.41) is 17.5. The Morgan fingerprint density at radius 2 is 1.60 bits per heavy atom. The minimum absolute atomic E-state index is 0.329. The number of hydrogen-bond acceptors (Lipinski definition) is 2. The zero-order chi connectivity index (χ0) is 13.3. The molecule has 0 atom stereocenters. The molecule has 0 saturated carbocycles. The summed E-state index contributed by atoms with van der Waals surface area (Å²) in [7, 11) is -2.61. The maximum atomic E-state index is 13.2. The third-order valence-corrected chi connectivity index (χ3v) is 1.74. The van der Waals surface area contributed by atoms with E-state index >= 15 is 0 Å². The lowest BCUT2D eigenvalue weighted by Gasteiger charge is -2.09. The predicted octanol–water partition coefficient (Wildman–Crippen LogP) is 0.566. The molecular weight excluding hydrogens is 215 g/mol. The van der Waals surface area contributed by atoms with Gasteiger partial charge >= 0.3 is 7.12 Å². The van der Waals surface area contributed by atoms with Crippen molar-refractivity contribution in [3.8, 4) is 0 Å². The number of hydrogen-bond donors (Lipinski definition) is 2. The van der Waals surface area contributed by atoms with Crippen molar-refractivity contribution < 1.29 is 30.4 Å². The highest BCUT2D eigenvalue weighted by molar-refractivity contribution is 6.59. The number of halogens is 4. The van der Waals surface area contributed by atoms with Gasteiger partial charge in [-0.2, -0.15) is 0 Å². The van der Waals surface area contributed by atoms with Crippen molar-refractivity contribution in [2.75, 3.05) is 0 Å². The van der Waals surface area contributed by atoms with Gasteiger partial charge in [-0.15, -0.1) is 0 Å². The molecule has 7 heteroatoms. The van der Waals surface area contributed by atoms with Gasteiger partial charge in [0.1, 0.15) is 0 Å². The standard InChI is InChI=1S/C8H5BF4O2/c1-2-3-4(9(14)15)6(11)8(13)7(12)5(3)10/h2,14-15H,1H2/i1D2. The summed E-state index contributed by atoms with van der Waals surface area (Å²) in [5.41, 5.74) is -2.35. The molecule has 15 heavy (non-hydrogen) atoms. The predicted molar refractivity (Wildman–Crippen MR) is 46.2 cm³/mol. The third kappa shape index (κ3) is 1.75. The molecule has 0 fully saturated rings. The van der Waals surface area contributed by atoms with Gasteiger partial charge in [0.2, 0.25) is 0 Å². The van der Waals surface area contributed by atoms with Crippen LogP contribution >= 0.6 is 0 Å². The molecule has 1 aromatic rings. The Labute approximate surface area is 85.4 Å². The smallest absolute Gasteiger partial charge is 0.423 e. The van der Waals surface area contributed by atoms with Gasteiger partial charge in [-0.25, -0.2) is 17.6 Å². The first-order valence-corrected chi connectivity index (χ1v) is 3.64. The van der Waals surface area contributed by atoms with Crippen molar-refractivity contribution in [1.29, 1.82) is 0 Å². The van der Waals surface area contributed by atoms with Crippen LogP contribution in [-0.4, -0.2) is 17.2 Å². The van der Waals surface area contributed by atoms with Crippen LogP contribution in [-0.2, 0) is 0 Å². The first-order chi connectivity index (χ1) is 7.77. The summed E-state index contributed by atoms with van der Waals surface area (Å²) < 4.78 is 65.4. The van der Waals surface area contributed by atoms with Crippen molar-refractivity contribution in [3.05, 3.63) is 35.4 Å². The van der Waals surface area contributed by atoms with Crippen molar-refractivity contribution in [2.45, 2.75) is 0 Å². The van der Waals surface area contributed by atoms with E-state index in [2.05, 4.69) is 0 Å². The summed E-state index contributed by atoms with van der Waals surface area (Å²) in [6, 6.07) is 0. The van der Waals surface area contributed by atoms with Crippen molar-refractivity contribution in [1.82, 2.24) is 0 Å². The molecule has 0 radical (unpaired) electrons. The van der Waals surface area contributed by atoms with E-state index in [1.807, 2.05) is 0 Å². The van der Waals surface area contributed by atoms with E-state index in [-0.39, 0.29) is 0 Å². The van der Waals surface area contributed by atoms with Crippen LogP contribution in [0.4, 0.5) is 17.6 Å². The Balaban J connectivity index is 3.72. The van der Waals surface area contributed by atoms with E-state index in [0.717, 1.165) is 0 Å². The molecule has 80 valence electrons. The van der Waals surface area contributed by atoms with Gasteiger partial charge in [-0.05, 0) is 0 Å². The average Bonchev–Trinajstić information content (AvgIpc) is 2.22. The number of rotatable bonds is 2. The molecule has 0 saturated heterocycles. The minimum atomic E-state index is -2.61. The highest BCUT2D eigenvalue weighted by atomic mass is 19.2. The third-order valence-electron chi connectivity index (χ3n) is 1.74. The second-order valence-electron chi connectivity index (χ2n) is 2.60. The van der Waals surface area contributed by atoms with Crippen molar-refractivity contribution >= 4 is 18.7 Å². The molecule has 0 aromatic heterocycles. The molecule has 0 spiro atoms. The Morgan fingerprint density at radius 3 is 2.07 bits per heavy atom. The lowest BCUT2D eigenvalue weighted by molar-refractivity contribution is 0.398. The second-order valence-corrected chi connectivity index (χ2v) is 2.60. The molecule has 0 heterocycles. The van der Waals surface area contributed by atoms with Gasteiger partial charge < -0.3 is 10.0 Å². The molecule has 2 N–H and O–H groups in total. The van der Waals surface area contributed by atoms with Crippen LogP contribution in [0.15, 0.2) is 6.53 Å². The molecule has 0 aliphatic carbocycles. The minimum Gasteiger partial charge on any atom is -0.423 e. The van der Waals surface area contributed by atoms with Gasteiger partial charge in [0.15, 0.2) is 23.3 Å². The lowest BCUT2D eigenvalue weighted by atomic mass is 9.76. The van der Waals surface area contributed by atoms with E-state index in [1.54, 1.807) is 0 Å². The monoisotopic (exact) mass is 222 g/mol. The first kappa shape index (κ1) is 8.93. The average molecular weight is 222 g/mol. The molecule has 0 unspecified atom stereocenters. The SMILES string of the molecule is [2H]C([2H])=Cc1c(F)c(F)c(F)c(F)c1B(O)O. The molecule has 2 nitrogen and oxygen atoms in total. The van der Waals surface area contributed by atoms with Crippen LogP contribution in [0.3, 0.4) is 0 Å². The summed E-state index contributed by atoms with van der Waals surface area (Å²) in [6.07, 6.45) is 0.329. The Hall–Kier alpha value is -1.34. The summed E-state index contributed by atoms with van der Waals surface area (Å²) in [4.78, 5) is 0. The van der Waals surface area contributed by atoms with E-state index in [0.29, 0.717) is 6.08 Å². The maximum absolute atomic E-state index is 13.2. The summed E-state index contributed by atoms with van der Waals surface area (Å²) in [6.45, 7) is -1.05. The quantitative estimate of drug-likeness (QED) is 0.332. The largest absolute Gasteiger partial charge is 0.492 e. The van der Waals surface area contributed by atoms with Crippen LogP contribution in [0.5, 0.6) is 0 Å². The molecule has 0 bridgehead atoms. The Morgan fingerprint density at radius 1 is 1.07 bits per heavy atom. The first-order valence-electron chi connectivity index (χ1n) is 4.64. The van der Waals surface area contributed by atoms with Gasteiger partial charge in [-0.3, -0.25) is 0 Å². The van der Waals surface area contributed by atoms with Crippen LogP contribution in [0.2, 0.25) is 0 Å². The molecule has 1 aromatic carbocycles. The summed E-state index contributed by atoms with van der Waals surface area (Å²) >= 11 is 0. The second kappa shape index (κ2) is 4.04. The van der Waals surface area contributed by atoms with E-state index in [1.165, 1.54) is 0 Å². The lowest BCUT2D eigenvalue weighted by Crippen LogP contribution is -2.37. The zero-order valence-electron chi connectivity index (χ0n) is 9.06. The molecule has 1 rings (SSSR count). The molecular formula is C8H5BF4O2. The van der Waals surface area contributed by atoms with Crippen LogP contribution in [0.25, 0.3) is 6.08 Å². The van der Waals surface area contributed by atoms with Crippen LogP contribution in [0, 0.1) is 23.3 Å². The fourth-order valence-corrected chi connectivity index (χ4v) is 1.06. The summed E-state index contributed by atoms with van der Waals surface area (Å²) in [5.74, 6) is -8.23. The highest BCUT2D eigenvalue weighted by Gasteiger charge is 2.29. The van der Waals surface area contributed by atoms with Crippen LogP contribution in [0.1, 0.15) is 8.30 Å². The van der Waals surface area contributed by atoms with E-state index in [9.17, 15) is 17.6 Å². The van der Waals surface area contributed by atoms with Crippen molar-refractivity contribution in [3.63, 3.8) is 0 Å².